The summed E-state index contributed by atoms with van der Waals surface area (Å²) in [4.78, 5) is 21.7. The Morgan fingerprint density at radius 3 is 2.78 bits per heavy atom. The Morgan fingerprint density at radius 2 is 2.09 bits per heavy atom. The second-order valence-electron chi connectivity index (χ2n) is 5.21. The maximum Gasteiger partial charge on any atom is 0.253 e. The molecular weight excluding hydrogens is 314 g/mol. The molecule has 0 radical (unpaired) electrons. The number of carbonyl (C=O) groups is 1. The van der Waals surface area contributed by atoms with Gasteiger partial charge in [0.15, 0.2) is 11.0 Å². The lowest BCUT2D eigenvalue weighted by atomic mass is 10.1. The van der Waals surface area contributed by atoms with E-state index in [1.807, 2.05) is 24.3 Å². The molecule has 0 atom stereocenters. The van der Waals surface area contributed by atoms with Crippen LogP contribution in [0.3, 0.4) is 0 Å². The zero-order valence-corrected chi connectivity index (χ0v) is 14.2. The molecule has 0 aliphatic heterocycles. The van der Waals surface area contributed by atoms with Gasteiger partial charge in [0.05, 0.1) is 0 Å². The minimum absolute atomic E-state index is 0.000129. The number of halogens is 1. The predicted octanol–water partition coefficient (Wildman–Crippen LogP) is 2.53. The number of nitrogens with zero attached hydrogens (tertiary/aromatic N) is 3. The van der Waals surface area contributed by atoms with Gasteiger partial charge in [-0.05, 0) is 24.1 Å². The van der Waals surface area contributed by atoms with Crippen molar-refractivity contribution in [1.82, 2.24) is 14.9 Å². The maximum absolute atomic E-state index is 12.0. The first kappa shape index (κ1) is 17.0. The van der Waals surface area contributed by atoms with Gasteiger partial charge >= 0.3 is 0 Å². The average Bonchev–Trinajstić information content (AvgIpc) is 2.54. The van der Waals surface area contributed by atoms with Gasteiger partial charge in [-0.15, -0.1) is 0 Å². The van der Waals surface area contributed by atoms with Crippen molar-refractivity contribution < 1.29 is 4.79 Å². The summed E-state index contributed by atoms with van der Waals surface area (Å²) in [5.41, 5.74) is 2.44. The molecule has 7 heteroatoms. The van der Waals surface area contributed by atoms with Gasteiger partial charge < -0.3 is 15.5 Å². The third-order valence-corrected chi connectivity index (χ3v) is 3.62. The van der Waals surface area contributed by atoms with Gasteiger partial charge in [0.25, 0.3) is 5.91 Å². The number of carbonyl (C=O) groups excluding carboxylic acids is 1. The summed E-state index contributed by atoms with van der Waals surface area (Å²) in [5.74, 6) is 0.660. The van der Waals surface area contributed by atoms with E-state index >= 15 is 0 Å². The van der Waals surface area contributed by atoms with Gasteiger partial charge in [-0.3, -0.25) is 4.79 Å². The SMILES string of the molecule is CNc1c(Cl)ncnc1NCCc1cccc(C(=O)N(C)C)c1. The molecular formula is C16H20ClN5O. The minimum Gasteiger partial charge on any atom is -0.383 e. The Bertz CT molecular complexity index is 690. The Hall–Kier alpha value is -2.34. The Balaban J connectivity index is 2.01. The lowest BCUT2D eigenvalue weighted by Crippen LogP contribution is -2.21. The smallest absolute Gasteiger partial charge is 0.253 e. The van der Waals surface area contributed by atoms with Crippen LogP contribution in [-0.2, 0) is 6.42 Å². The zero-order valence-electron chi connectivity index (χ0n) is 13.4. The van der Waals surface area contributed by atoms with E-state index in [-0.39, 0.29) is 5.91 Å². The second kappa shape index (κ2) is 7.78. The highest BCUT2D eigenvalue weighted by Crippen LogP contribution is 2.25. The molecule has 0 bridgehead atoms. The largest absolute Gasteiger partial charge is 0.383 e. The van der Waals surface area contributed by atoms with E-state index in [1.54, 1.807) is 26.0 Å². The number of hydrogen-bond acceptors (Lipinski definition) is 5. The van der Waals surface area contributed by atoms with Crippen LogP contribution in [0.1, 0.15) is 15.9 Å². The van der Waals surface area contributed by atoms with E-state index in [0.29, 0.717) is 28.8 Å². The first-order valence-corrected chi connectivity index (χ1v) is 7.63. The first-order valence-electron chi connectivity index (χ1n) is 7.25. The van der Waals surface area contributed by atoms with Crippen molar-refractivity contribution in [2.75, 3.05) is 38.3 Å². The van der Waals surface area contributed by atoms with Crippen LogP contribution >= 0.6 is 11.6 Å². The van der Waals surface area contributed by atoms with Crippen LogP contribution in [0.4, 0.5) is 11.5 Å². The van der Waals surface area contributed by atoms with E-state index in [4.69, 9.17) is 11.6 Å². The topological polar surface area (TPSA) is 70.1 Å². The van der Waals surface area contributed by atoms with Crippen LogP contribution < -0.4 is 10.6 Å². The third-order valence-electron chi connectivity index (χ3n) is 3.34. The van der Waals surface area contributed by atoms with Crippen LogP contribution in [0.5, 0.6) is 0 Å². The number of nitrogens with one attached hydrogen (secondary N) is 2. The number of benzene rings is 1. The normalized spacial score (nSPS) is 10.3. The van der Waals surface area contributed by atoms with E-state index in [1.165, 1.54) is 6.33 Å². The molecule has 1 amide bonds. The van der Waals surface area contributed by atoms with Crippen LogP contribution in [0.25, 0.3) is 0 Å². The first-order chi connectivity index (χ1) is 11.0. The van der Waals surface area contributed by atoms with Crippen molar-refractivity contribution in [3.63, 3.8) is 0 Å². The molecule has 6 nitrogen and oxygen atoms in total. The number of anilines is 2. The second-order valence-corrected chi connectivity index (χ2v) is 5.57. The summed E-state index contributed by atoms with van der Waals surface area (Å²) in [6, 6.07) is 7.63. The summed E-state index contributed by atoms with van der Waals surface area (Å²) < 4.78 is 0. The molecule has 0 aliphatic rings. The fourth-order valence-corrected chi connectivity index (χ4v) is 2.39. The molecule has 23 heavy (non-hydrogen) atoms. The molecule has 1 aromatic heterocycles. The average molecular weight is 334 g/mol. The minimum atomic E-state index is -0.000129. The standard InChI is InChI=1S/C16H20ClN5O/c1-18-13-14(17)20-10-21-15(13)19-8-7-11-5-4-6-12(9-11)16(23)22(2)3/h4-6,9-10,18H,7-8H2,1-3H3,(H,19,20,21). The van der Waals surface area contributed by atoms with Gasteiger partial charge in [0, 0.05) is 33.3 Å². The summed E-state index contributed by atoms with van der Waals surface area (Å²) in [6.45, 7) is 0.668. The quantitative estimate of drug-likeness (QED) is 0.795. The monoisotopic (exact) mass is 333 g/mol. The molecule has 0 saturated heterocycles. The molecule has 2 N–H and O–H groups in total. The molecule has 122 valence electrons. The van der Waals surface area contributed by atoms with Gasteiger partial charge in [0.2, 0.25) is 0 Å². The fourth-order valence-electron chi connectivity index (χ4n) is 2.16. The van der Waals surface area contributed by atoms with Gasteiger partial charge in [-0.25, -0.2) is 9.97 Å². The van der Waals surface area contributed by atoms with Gasteiger partial charge in [0.1, 0.15) is 12.0 Å². The zero-order chi connectivity index (χ0) is 16.8. The van der Waals surface area contributed by atoms with Gasteiger partial charge in [-0.1, -0.05) is 23.7 Å². The highest BCUT2D eigenvalue weighted by molar-refractivity contribution is 6.32. The molecule has 0 aliphatic carbocycles. The summed E-state index contributed by atoms with van der Waals surface area (Å²) in [5, 5.41) is 6.59. The van der Waals surface area contributed by atoms with E-state index < -0.39 is 0 Å². The van der Waals surface area contributed by atoms with Crippen LogP contribution in [0.2, 0.25) is 5.15 Å². The molecule has 1 aromatic carbocycles. The Kier molecular flexibility index (Phi) is 5.76. The number of amides is 1. The summed E-state index contributed by atoms with van der Waals surface area (Å²) >= 11 is 6.01. The number of aromatic nitrogens is 2. The lowest BCUT2D eigenvalue weighted by Gasteiger charge is -2.12. The molecule has 0 unspecified atom stereocenters. The Labute approximate surface area is 140 Å². The van der Waals surface area contributed by atoms with Crippen molar-refractivity contribution in [2.24, 2.45) is 0 Å². The summed E-state index contributed by atoms with van der Waals surface area (Å²) in [7, 11) is 5.26. The van der Waals surface area contributed by atoms with Crippen molar-refractivity contribution in [1.29, 1.82) is 0 Å². The Morgan fingerprint density at radius 1 is 1.30 bits per heavy atom. The highest BCUT2D eigenvalue weighted by Gasteiger charge is 2.09. The number of rotatable bonds is 6. The van der Waals surface area contributed by atoms with Crippen molar-refractivity contribution in [3.05, 3.63) is 46.9 Å². The summed E-state index contributed by atoms with van der Waals surface area (Å²) in [6.07, 6.45) is 2.18. The lowest BCUT2D eigenvalue weighted by molar-refractivity contribution is 0.0827. The van der Waals surface area contributed by atoms with Crippen molar-refractivity contribution >= 4 is 29.0 Å². The third kappa shape index (κ3) is 4.32. The molecule has 0 saturated carbocycles. The molecule has 0 spiro atoms. The van der Waals surface area contributed by atoms with Gasteiger partial charge in [-0.2, -0.15) is 0 Å². The van der Waals surface area contributed by atoms with Crippen LogP contribution in [0, 0.1) is 0 Å². The van der Waals surface area contributed by atoms with Crippen LogP contribution in [0.15, 0.2) is 30.6 Å². The van der Waals surface area contributed by atoms with E-state index in [2.05, 4.69) is 20.6 Å². The van der Waals surface area contributed by atoms with E-state index in [0.717, 1.165) is 12.0 Å². The fraction of sp³-hybridized carbons (Fsp3) is 0.312. The van der Waals surface area contributed by atoms with Crippen molar-refractivity contribution in [2.45, 2.75) is 6.42 Å². The predicted molar refractivity (Wildman–Crippen MR) is 93.2 cm³/mol. The van der Waals surface area contributed by atoms with E-state index in [9.17, 15) is 4.79 Å². The molecule has 0 fully saturated rings. The number of hydrogen-bond donors (Lipinski definition) is 2. The molecule has 2 rings (SSSR count). The molecule has 1 heterocycles. The van der Waals surface area contributed by atoms with Crippen LogP contribution in [-0.4, -0.2) is 48.5 Å². The van der Waals surface area contributed by atoms with Crippen molar-refractivity contribution in [3.8, 4) is 0 Å². The highest BCUT2D eigenvalue weighted by atomic mass is 35.5. The molecule has 2 aromatic rings. The maximum atomic E-state index is 12.0.